The van der Waals surface area contributed by atoms with Crippen LogP contribution in [-0.4, -0.2) is 48.3 Å². The molecule has 266 valence electrons. The van der Waals surface area contributed by atoms with Crippen molar-refractivity contribution in [3.05, 3.63) is 101 Å². The van der Waals surface area contributed by atoms with Crippen molar-refractivity contribution in [1.29, 1.82) is 0 Å². The Morgan fingerprint density at radius 1 is 0.959 bits per heavy atom. The number of carbonyl (C=O) groups excluding carboxylic acids is 2. The first-order valence-electron chi connectivity index (χ1n) is 17.1. The van der Waals surface area contributed by atoms with Crippen LogP contribution in [0.15, 0.2) is 72.8 Å². The minimum atomic E-state index is -2.46. The van der Waals surface area contributed by atoms with Crippen LogP contribution in [0.3, 0.4) is 0 Å². The Kier molecular flexibility index (Phi) is 12.0. The summed E-state index contributed by atoms with van der Waals surface area (Å²) >= 11 is 0. The number of benzene rings is 3. The van der Waals surface area contributed by atoms with Crippen molar-refractivity contribution in [2.24, 2.45) is 5.92 Å². The lowest BCUT2D eigenvalue weighted by Crippen LogP contribution is -2.49. The monoisotopic (exact) mass is 692 g/mol. The van der Waals surface area contributed by atoms with E-state index in [4.69, 9.17) is 9.16 Å². The molecular formula is C39H53FN2O6Si. The van der Waals surface area contributed by atoms with Gasteiger partial charge in [-0.15, -0.1) is 0 Å². The third-order valence-corrected chi connectivity index (χ3v) is 14.1. The molecule has 0 fully saturated rings. The molecule has 0 spiro atoms. The van der Waals surface area contributed by atoms with Gasteiger partial charge in [-0.25, -0.2) is 9.18 Å². The van der Waals surface area contributed by atoms with E-state index in [2.05, 4.69) is 44.5 Å². The molecule has 3 aromatic carbocycles. The van der Waals surface area contributed by atoms with Crippen LogP contribution in [-0.2, 0) is 26.8 Å². The van der Waals surface area contributed by atoms with Crippen molar-refractivity contribution in [2.45, 2.75) is 115 Å². The van der Waals surface area contributed by atoms with Crippen LogP contribution in [0.4, 0.5) is 9.18 Å². The number of alkyl carbamates (subject to hydrolysis) is 1. The van der Waals surface area contributed by atoms with E-state index in [1.54, 1.807) is 24.3 Å². The van der Waals surface area contributed by atoms with E-state index in [0.29, 0.717) is 24.0 Å². The maximum atomic E-state index is 14.5. The maximum Gasteiger partial charge on any atom is 0.407 e. The lowest BCUT2D eigenvalue weighted by Gasteiger charge is -2.43. The number of ether oxygens (including phenoxy) is 1. The molecule has 0 bridgehead atoms. The first-order valence-corrected chi connectivity index (χ1v) is 20.0. The third kappa shape index (κ3) is 10.2. The van der Waals surface area contributed by atoms with Crippen LogP contribution >= 0.6 is 0 Å². The molecule has 0 aliphatic heterocycles. The summed E-state index contributed by atoms with van der Waals surface area (Å²) in [5.74, 6) is -1.02. The zero-order valence-electron chi connectivity index (χ0n) is 30.0. The summed E-state index contributed by atoms with van der Waals surface area (Å²) in [6.45, 7) is 16.2. The quantitative estimate of drug-likeness (QED) is 0.144. The number of phenolic OH excluding ortho intramolecular Hbond substituents is 1. The largest absolute Gasteiger partial charge is 0.508 e. The predicted octanol–water partition coefficient (Wildman–Crippen LogP) is 7.90. The molecule has 0 saturated heterocycles. The van der Waals surface area contributed by atoms with Crippen molar-refractivity contribution in [3.63, 3.8) is 0 Å². The molecule has 1 aliphatic carbocycles. The lowest BCUT2D eigenvalue weighted by atomic mass is 9.82. The van der Waals surface area contributed by atoms with E-state index in [1.807, 2.05) is 63.2 Å². The van der Waals surface area contributed by atoms with Gasteiger partial charge in [0, 0.05) is 24.8 Å². The van der Waals surface area contributed by atoms with E-state index in [-0.39, 0.29) is 29.5 Å². The number of aliphatic hydroxyl groups is 1. The number of nitrogens with one attached hydrogen (secondary N) is 2. The van der Waals surface area contributed by atoms with Crippen LogP contribution in [0.1, 0.15) is 88.8 Å². The highest BCUT2D eigenvalue weighted by Crippen LogP contribution is 2.44. The van der Waals surface area contributed by atoms with Crippen LogP contribution in [0.2, 0.25) is 18.1 Å². The van der Waals surface area contributed by atoms with Crippen molar-refractivity contribution in [2.75, 3.05) is 0 Å². The summed E-state index contributed by atoms with van der Waals surface area (Å²) in [4.78, 5) is 27.1. The average molecular weight is 693 g/mol. The molecule has 1 aliphatic rings. The van der Waals surface area contributed by atoms with Crippen molar-refractivity contribution < 1.29 is 33.4 Å². The Morgan fingerprint density at radius 3 is 2.22 bits per heavy atom. The highest BCUT2D eigenvalue weighted by Gasteiger charge is 2.43. The van der Waals surface area contributed by atoms with Gasteiger partial charge in [0.15, 0.2) is 8.32 Å². The van der Waals surface area contributed by atoms with Gasteiger partial charge in [0.25, 0.3) is 0 Å². The smallest absolute Gasteiger partial charge is 0.407 e. The van der Waals surface area contributed by atoms with E-state index in [0.717, 1.165) is 11.1 Å². The average Bonchev–Trinajstić information content (AvgIpc) is 3.31. The zero-order chi connectivity index (χ0) is 36.1. The highest BCUT2D eigenvalue weighted by atomic mass is 28.4. The van der Waals surface area contributed by atoms with Gasteiger partial charge in [0.1, 0.15) is 17.2 Å². The van der Waals surface area contributed by atoms with Gasteiger partial charge in [-0.3, -0.25) is 4.79 Å². The number of aromatic hydroxyl groups is 1. The van der Waals surface area contributed by atoms with Crippen LogP contribution in [0.25, 0.3) is 0 Å². The van der Waals surface area contributed by atoms with Gasteiger partial charge in [-0.05, 0) is 92.2 Å². The number of hydrogen-bond donors (Lipinski definition) is 4. The summed E-state index contributed by atoms with van der Waals surface area (Å²) in [7, 11) is -2.46. The number of halogens is 1. The molecule has 1 unspecified atom stereocenters. The van der Waals surface area contributed by atoms with Crippen LogP contribution in [0.5, 0.6) is 5.75 Å². The summed E-state index contributed by atoms with van der Waals surface area (Å²) in [6, 6.07) is 20.1. The van der Waals surface area contributed by atoms with Crippen molar-refractivity contribution in [1.82, 2.24) is 10.6 Å². The second kappa shape index (κ2) is 15.4. The van der Waals surface area contributed by atoms with Crippen molar-refractivity contribution >= 4 is 20.3 Å². The van der Waals surface area contributed by atoms with E-state index < -0.39 is 56.0 Å². The number of hydrogen-bond acceptors (Lipinski definition) is 6. The third-order valence-electron chi connectivity index (χ3n) is 9.67. The zero-order valence-corrected chi connectivity index (χ0v) is 31.0. The molecule has 5 atom stereocenters. The van der Waals surface area contributed by atoms with Gasteiger partial charge < -0.3 is 30.0 Å². The molecule has 49 heavy (non-hydrogen) atoms. The summed E-state index contributed by atoms with van der Waals surface area (Å²) in [6.07, 6.45) is -1.17. The summed E-state index contributed by atoms with van der Waals surface area (Å²) in [5, 5.41) is 26.9. The highest BCUT2D eigenvalue weighted by molar-refractivity contribution is 6.74. The molecule has 4 N–H and O–H groups in total. The standard InChI is InChI=1S/C39H53FN2O6Si/c1-38(2,3)47-37(46)41-32(23-25-13-10-9-11-14-25)29(36(26-17-19-27(43)20-18-26)48-49(7,8)39(4,5)6)21-22-34(45)42-35-28-15-12-16-31(40)30(28)24-33(35)44/h9-20,29,32-33,35-36,43-44H,21-24H2,1-8H3,(H,41,46)(H,42,45)/t29-,32-,33+,35-,36?/m0/s1. The molecule has 0 aromatic heterocycles. The molecule has 2 amide bonds. The fourth-order valence-electron chi connectivity index (χ4n) is 6.09. The van der Waals surface area contributed by atoms with Gasteiger partial charge >= 0.3 is 6.09 Å². The number of amides is 2. The second-order valence-corrected chi connectivity index (χ2v) is 20.4. The molecule has 3 aromatic rings. The number of carbonyl (C=O) groups is 2. The molecule has 4 rings (SSSR count). The van der Waals surface area contributed by atoms with E-state index in [9.17, 15) is 24.2 Å². The Morgan fingerprint density at radius 2 is 1.61 bits per heavy atom. The number of rotatable bonds is 12. The number of fused-ring (bicyclic) bond motifs is 1. The number of phenols is 1. The fourth-order valence-corrected chi connectivity index (χ4v) is 7.39. The maximum absolute atomic E-state index is 14.5. The van der Waals surface area contributed by atoms with Gasteiger partial charge in [-0.2, -0.15) is 0 Å². The molecule has 10 heteroatoms. The second-order valence-electron chi connectivity index (χ2n) is 15.7. The first kappa shape index (κ1) is 38.1. The Labute approximate surface area is 291 Å². The topological polar surface area (TPSA) is 117 Å². The molecule has 0 saturated carbocycles. The normalized spacial score (nSPS) is 18.2. The fraction of sp³-hybridized carbons (Fsp3) is 0.487. The Bertz CT molecular complexity index is 1570. The Hall–Kier alpha value is -3.73. The van der Waals surface area contributed by atoms with Crippen LogP contribution in [0, 0.1) is 11.7 Å². The lowest BCUT2D eigenvalue weighted by molar-refractivity contribution is -0.123. The predicted molar refractivity (Wildman–Crippen MR) is 192 cm³/mol. The van der Waals surface area contributed by atoms with Crippen molar-refractivity contribution in [3.8, 4) is 5.75 Å². The molecule has 0 heterocycles. The minimum absolute atomic E-state index is 0.0509. The summed E-state index contributed by atoms with van der Waals surface area (Å²) < 4.78 is 27.4. The van der Waals surface area contributed by atoms with Gasteiger partial charge in [0.2, 0.25) is 5.91 Å². The number of aliphatic hydroxyl groups excluding tert-OH is 1. The van der Waals surface area contributed by atoms with E-state index >= 15 is 0 Å². The van der Waals surface area contributed by atoms with Crippen LogP contribution < -0.4 is 10.6 Å². The van der Waals surface area contributed by atoms with Gasteiger partial charge in [-0.1, -0.05) is 75.4 Å². The molecule has 8 nitrogen and oxygen atoms in total. The summed E-state index contributed by atoms with van der Waals surface area (Å²) in [5.41, 5.74) is 2.06. The Balaban J connectivity index is 1.74. The minimum Gasteiger partial charge on any atom is -0.508 e. The van der Waals surface area contributed by atoms with Gasteiger partial charge in [0.05, 0.1) is 18.2 Å². The molecule has 0 radical (unpaired) electrons. The first-order chi connectivity index (χ1) is 22.8. The van der Waals surface area contributed by atoms with E-state index in [1.165, 1.54) is 6.07 Å². The molecular weight excluding hydrogens is 640 g/mol. The SMILES string of the molecule is CC(C)(C)OC(=O)N[C@@H](Cc1ccccc1)[C@H](CCC(=O)N[C@H]1c2cccc(F)c2C[C@H]1O)C(O[Si](C)(C)C(C)(C)C)c1ccc(O)cc1.